The Bertz CT molecular complexity index is 505. The van der Waals surface area contributed by atoms with Crippen LogP contribution >= 0.6 is 23.2 Å². The normalized spacial score (nSPS) is 22.3. The Labute approximate surface area is 130 Å². The number of likely N-dealkylation sites (N-methyl/N-ethyl adjacent to an activating group) is 2. The highest BCUT2D eigenvalue weighted by Crippen LogP contribution is 2.28. The number of benzene rings is 1. The van der Waals surface area contributed by atoms with E-state index in [-0.39, 0.29) is 11.9 Å². The maximum absolute atomic E-state index is 12.6. The van der Waals surface area contributed by atoms with E-state index in [2.05, 4.69) is 19.0 Å². The van der Waals surface area contributed by atoms with Gasteiger partial charge in [0.25, 0.3) is 5.91 Å². The zero-order valence-electron chi connectivity index (χ0n) is 12.1. The number of carbonyl (C=O) groups is 1. The van der Waals surface area contributed by atoms with Gasteiger partial charge in [-0.25, -0.2) is 0 Å². The number of hydrogen-bond acceptors (Lipinski definition) is 2. The Balaban J connectivity index is 2.17. The van der Waals surface area contributed by atoms with Gasteiger partial charge in [-0.3, -0.25) is 4.79 Å². The summed E-state index contributed by atoms with van der Waals surface area (Å²) in [5, 5.41) is 0.888. The highest BCUT2D eigenvalue weighted by atomic mass is 35.5. The average Bonchev–Trinajstić information content (AvgIpc) is 2.89. The standard InChI is InChI=1S/C15H20Cl2N2O/c1-18(2)13-5-4-6-14(13)19(3)15(20)10-7-8-11(16)12(17)9-10/h7-9,13-14H,4-6H2,1-3H3/t13-,14-/m1/s1. The van der Waals surface area contributed by atoms with Crippen LogP contribution in [0.5, 0.6) is 0 Å². The van der Waals surface area contributed by atoms with Crippen molar-refractivity contribution in [3.8, 4) is 0 Å². The molecule has 5 heteroatoms. The molecule has 1 saturated carbocycles. The molecule has 2 rings (SSSR count). The van der Waals surface area contributed by atoms with Crippen LogP contribution in [0.3, 0.4) is 0 Å². The second kappa shape index (κ2) is 6.33. The quantitative estimate of drug-likeness (QED) is 0.852. The molecule has 1 aliphatic carbocycles. The molecule has 0 radical (unpaired) electrons. The molecule has 110 valence electrons. The lowest BCUT2D eigenvalue weighted by Gasteiger charge is -2.33. The molecule has 0 aromatic heterocycles. The number of rotatable bonds is 3. The molecule has 1 aliphatic rings. The second-order valence-electron chi connectivity index (χ2n) is 5.57. The maximum Gasteiger partial charge on any atom is 0.253 e. The SMILES string of the molecule is CN(C)[C@@H]1CCC[C@H]1N(C)C(=O)c1ccc(Cl)c(Cl)c1. The van der Waals surface area contributed by atoms with E-state index in [1.165, 1.54) is 0 Å². The smallest absolute Gasteiger partial charge is 0.253 e. The van der Waals surface area contributed by atoms with Gasteiger partial charge in [-0.05, 0) is 51.6 Å². The lowest BCUT2D eigenvalue weighted by atomic mass is 10.1. The summed E-state index contributed by atoms with van der Waals surface area (Å²) in [6, 6.07) is 5.72. The molecule has 1 aromatic carbocycles. The van der Waals surface area contributed by atoms with Gasteiger partial charge in [0, 0.05) is 24.7 Å². The van der Waals surface area contributed by atoms with Crippen molar-refractivity contribution in [2.75, 3.05) is 21.1 Å². The summed E-state index contributed by atoms with van der Waals surface area (Å²) < 4.78 is 0. The highest BCUT2D eigenvalue weighted by Gasteiger charge is 2.34. The number of hydrogen-bond donors (Lipinski definition) is 0. The minimum atomic E-state index is 0.00215. The first-order chi connectivity index (χ1) is 9.41. The number of halogens is 2. The van der Waals surface area contributed by atoms with Gasteiger partial charge in [-0.15, -0.1) is 0 Å². The topological polar surface area (TPSA) is 23.6 Å². The molecule has 0 saturated heterocycles. The fraction of sp³-hybridized carbons (Fsp3) is 0.533. The summed E-state index contributed by atoms with van der Waals surface area (Å²) in [4.78, 5) is 16.6. The van der Waals surface area contributed by atoms with Crippen LogP contribution in [0.15, 0.2) is 18.2 Å². The Morgan fingerprint density at radius 1 is 1.10 bits per heavy atom. The second-order valence-corrected chi connectivity index (χ2v) is 6.39. The minimum Gasteiger partial charge on any atom is -0.337 e. The van der Waals surface area contributed by atoms with E-state index in [9.17, 15) is 4.79 Å². The lowest BCUT2D eigenvalue weighted by Crippen LogP contribution is -2.47. The molecule has 0 heterocycles. The van der Waals surface area contributed by atoms with Crippen molar-refractivity contribution in [2.45, 2.75) is 31.3 Å². The fourth-order valence-corrected chi connectivity index (χ4v) is 3.26. The van der Waals surface area contributed by atoms with Gasteiger partial charge >= 0.3 is 0 Å². The van der Waals surface area contributed by atoms with E-state index >= 15 is 0 Å². The third kappa shape index (κ3) is 3.11. The van der Waals surface area contributed by atoms with E-state index in [0.717, 1.165) is 19.3 Å². The molecular weight excluding hydrogens is 295 g/mol. The maximum atomic E-state index is 12.6. The molecule has 0 N–H and O–H groups in total. The largest absolute Gasteiger partial charge is 0.337 e. The third-order valence-electron chi connectivity index (χ3n) is 4.09. The van der Waals surface area contributed by atoms with Gasteiger partial charge in [0.2, 0.25) is 0 Å². The van der Waals surface area contributed by atoms with Crippen LogP contribution in [0.4, 0.5) is 0 Å². The Morgan fingerprint density at radius 3 is 2.35 bits per heavy atom. The zero-order valence-corrected chi connectivity index (χ0v) is 13.6. The molecule has 1 amide bonds. The van der Waals surface area contributed by atoms with Gasteiger partial charge in [0.1, 0.15) is 0 Å². The van der Waals surface area contributed by atoms with Crippen molar-refractivity contribution in [1.29, 1.82) is 0 Å². The molecule has 2 atom stereocenters. The zero-order chi connectivity index (χ0) is 14.9. The van der Waals surface area contributed by atoms with E-state index in [1.807, 2.05) is 11.9 Å². The van der Waals surface area contributed by atoms with Crippen LogP contribution in [-0.2, 0) is 0 Å². The Kier molecular flexibility index (Phi) is 4.95. The van der Waals surface area contributed by atoms with Gasteiger partial charge in [0.15, 0.2) is 0 Å². The van der Waals surface area contributed by atoms with Gasteiger partial charge in [-0.2, -0.15) is 0 Å². The third-order valence-corrected chi connectivity index (χ3v) is 4.83. The van der Waals surface area contributed by atoms with Crippen molar-refractivity contribution in [3.05, 3.63) is 33.8 Å². The van der Waals surface area contributed by atoms with Crippen molar-refractivity contribution in [2.24, 2.45) is 0 Å². The predicted octanol–water partition coefficient (Wildman–Crippen LogP) is 3.55. The Morgan fingerprint density at radius 2 is 1.75 bits per heavy atom. The summed E-state index contributed by atoms with van der Waals surface area (Å²) in [7, 11) is 6.01. The molecule has 0 unspecified atom stereocenters. The molecule has 0 bridgehead atoms. The molecular formula is C15H20Cl2N2O. The average molecular weight is 315 g/mol. The van der Waals surface area contributed by atoms with Crippen LogP contribution in [0.2, 0.25) is 10.0 Å². The van der Waals surface area contributed by atoms with E-state index in [4.69, 9.17) is 23.2 Å². The van der Waals surface area contributed by atoms with Gasteiger partial charge in [0.05, 0.1) is 10.0 Å². The predicted molar refractivity (Wildman–Crippen MR) is 83.7 cm³/mol. The van der Waals surface area contributed by atoms with Crippen LogP contribution in [0, 0.1) is 0 Å². The minimum absolute atomic E-state index is 0.00215. The van der Waals surface area contributed by atoms with E-state index in [0.29, 0.717) is 21.7 Å². The van der Waals surface area contributed by atoms with Crippen LogP contribution < -0.4 is 0 Å². The molecule has 1 aromatic rings. The van der Waals surface area contributed by atoms with Crippen molar-refractivity contribution in [1.82, 2.24) is 9.80 Å². The van der Waals surface area contributed by atoms with Crippen molar-refractivity contribution >= 4 is 29.1 Å². The molecule has 0 aliphatic heterocycles. The highest BCUT2D eigenvalue weighted by molar-refractivity contribution is 6.42. The fourth-order valence-electron chi connectivity index (χ4n) is 2.96. The van der Waals surface area contributed by atoms with Crippen LogP contribution in [0.1, 0.15) is 29.6 Å². The first-order valence-corrected chi connectivity index (χ1v) is 7.56. The number of carbonyl (C=O) groups excluding carboxylic acids is 1. The first-order valence-electron chi connectivity index (χ1n) is 6.80. The van der Waals surface area contributed by atoms with Crippen LogP contribution in [-0.4, -0.2) is 48.9 Å². The molecule has 3 nitrogen and oxygen atoms in total. The van der Waals surface area contributed by atoms with Crippen molar-refractivity contribution in [3.63, 3.8) is 0 Å². The summed E-state index contributed by atoms with van der Waals surface area (Å²) >= 11 is 11.9. The molecule has 20 heavy (non-hydrogen) atoms. The number of amides is 1. The van der Waals surface area contributed by atoms with Gasteiger partial charge in [-0.1, -0.05) is 23.2 Å². The number of nitrogens with zero attached hydrogens (tertiary/aromatic N) is 2. The summed E-state index contributed by atoms with van der Waals surface area (Å²) in [6.07, 6.45) is 3.34. The van der Waals surface area contributed by atoms with E-state index < -0.39 is 0 Å². The van der Waals surface area contributed by atoms with Crippen LogP contribution in [0.25, 0.3) is 0 Å². The van der Waals surface area contributed by atoms with Crippen molar-refractivity contribution < 1.29 is 4.79 Å². The Hall–Kier alpha value is -0.770. The molecule has 1 fully saturated rings. The summed E-state index contributed by atoms with van der Waals surface area (Å²) in [6.45, 7) is 0. The van der Waals surface area contributed by atoms with Gasteiger partial charge < -0.3 is 9.80 Å². The summed E-state index contributed by atoms with van der Waals surface area (Å²) in [5.74, 6) is 0.00215. The lowest BCUT2D eigenvalue weighted by molar-refractivity contribution is 0.0667. The first kappa shape index (κ1) is 15.6. The summed E-state index contributed by atoms with van der Waals surface area (Å²) in [5.41, 5.74) is 0.589. The van der Waals surface area contributed by atoms with E-state index in [1.54, 1.807) is 18.2 Å². The molecule has 0 spiro atoms. The monoisotopic (exact) mass is 314 g/mol.